The normalized spacial score (nSPS) is 31.9. The lowest BCUT2D eigenvalue weighted by atomic mass is 9.66. The summed E-state index contributed by atoms with van der Waals surface area (Å²) in [6.07, 6.45) is 11.0. The maximum absolute atomic E-state index is 10.3. The van der Waals surface area contributed by atoms with Crippen molar-refractivity contribution in [3.05, 3.63) is 0 Å². The number of rotatable bonds is 9. The minimum absolute atomic E-state index is 0.0176. The second-order valence-electron chi connectivity index (χ2n) is 6.43. The van der Waals surface area contributed by atoms with E-state index >= 15 is 0 Å². The molecule has 4 unspecified atom stereocenters. The molecule has 0 amide bonds. The highest BCUT2D eigenvalue weighted by Gasteiger charge is 2.57. The van der Waals surface area contributed by atoms with Gasteiger partial charge in [0.25, 0.3) is 6.26 Å². The van der Waals surface area contributed by atoms with Crippen LogP contribution in [0.1, 0.15) is 38.5 Å². The number of hydrogen-bond acceptors (Lipinski definition) is 6. The molecule has 0 spiro atoms. The minimum Gasteiger partial charge on any atom is -0.427 e. The lowest BCUT2D eigenvalue weighted by Crippen LogP contribution is -2.38. The molecule has 0 saturated heterocycles. The smallest absolute Gasteiger partial charge is 0.286 e. The Labute approximate surface area is 130 Å². The van der Waals surface area contributed by atoms with Gasteiger partial charge >= 0.3 is 0 Å². The fraction of sp³-hybridized carbons (Fsp3) is 0.812. The van der Waals surface area contributed by atoms with Crippen molar-refractivity contribution in [3.8, 4) is 6.26 Å². The Morgan fingerprint density at radius 1 is 1.09 bits per heavy atom. The van der Waals surface area contributed by atoms with Crippen LogP contribution in [-0.4, -0.2) is 31.9 Å². The second-order valence-corrected chi connectivity index (χ2v) is 6.43. The van der Waals surface area contributed by atoms with Gasteiger partial charge in [-0.05, 0) is 56.3 Å². The van der Waals surface area contributed by atoms with E-state index in [4.69, 9.17) is 10.00 Å². The Morgan fingerprint density at radius 2 is 1.77 bits per heavy atom. The summed E-state index contributed by atoms with van der Waals surface area (Å²) in [5.74, 6) is 1.61. The van der Waals surface area contributed by atoms with Crippen molar-refractivity contribution < 1.29 is 14.3 Å². The first kappa shape index (κ1) is 16.4. The van der Waals surface area contributed by atoms with E-state index in [1.807, 2.05) is 0 Å². The van der Waals surface area contributed by atoms with Crippen LogP contribution in [0.25, 0.3) is 0 Å². The zero-order valence-electron chi connectivity index (χ0n) is 12.7. The van der Waals surface area contributed by atoms with Crippen molar-refractivity contribution in [1.82, 2.24) is 0 Å². The van der Waals surface area contributed by atoms with Crippen LogP contribution >= 0.6 is 0 Å². The van der Waals surface area contributed by atoms with Crippen LogP contribution in [-0.2, 0) is 14.3 Å². The van der Waals surface area contributed by atoms with Crippen molar-refractivity contribution in [1.29, 1.82) is 5.26 Å². The topological polar surface area (TPSA) is 91.9 Å². The number of nitrogens with zero attached hydrogens (tertiary/aromatic N) is 3. The molecule has 0 aliphatic heterocycles. The van der Waals surface area contributed by atoms with E-state index in [-0.39, 0.29) is 5.41 Å². The second kappa shape index (κ2) is 7.89. The van der Waals surface area contributed by atoms with Crippen LogP contribution in [0.4, 0.5) is 0 Å². The number of isocyanates is 2. The first-order valence-electron chi connectivity index (χ1n) is 7.85. The molecular formula is C16H21N3O3. The van der Waals surface area contributed by atoms with Crippen molar-refractivity contribution in [3.63, 3.8) is 0 Å². The molecule has 2 aliphatic carbocycles. The lowest BCUT2D eigenvalue weighted by Gasteiger charge is -2.40. The number of nitriles is 1. The minimum atomic E-state index is 0.0176. The SMILES string of the molecule is N#COCC12CC(CC1CCCN=C=O)CC2CCN=C=O. The molecule has 0 aromatic rings. The zero-order chi connectivity index (χ0) is 15.8. The summed E-state index contributed by atoms with van der Waals surface area (Å²) in [7, 11) is 0. The quantitative estimate of drug-likeness (QED) is 0.283. The maximum atomic E-state index is 10.3. The van der Waals surface area contributed by atoms with Crippen LogP contribution in [0.2, 0.25) is 0 Å². The summed E-state index contributed by atoms with van der Waals surface area (Å²) < 4.78 is 5.14. The number of ether oxygens (including phenoxy) is 1. The van der Waals surface area contributed by atoms with Gasteiger partial charge < -0.3 is 4.74 Å². The molecule has 2 bridgehead atoms. The van der Waals surface area contributed by atoms with Crippen molar-refractivity contribution >= 4 is 12.2 Å². The maximum Gasteiger partial charge on any atom is 0.286 e. The van der Waals surface area contributed by atoms with Gasteiger partial charge in [-0.3, -0.25) is 0 Å². The molecule has 2 aliphatic rings. The summed E-state index contributed by atoms with van der Waals surface area (Å²) in [4.78, 5) is 27.7. The number of hydrogen-bond donors (Lipinski definition) is 0. The molecule has 22 heavy (non-hydrogen) atoms. The van der Waals surface area contributed by atoms with Gasteiger partial charge in [-0.2, -0.15) is 5.26 Å². The molecule has 6 nitrogen and oxygen atoms in total. The van der Waals surface area contributed by atoms with Gasteiger partial charge in [0.05, 0.1) is 13.1 Å². The molecule has 0 N–H and O–H groups in total. The highest BCUT2D eigenvalue weighted by molar-refractivity contribution is 5.33. The van der Waals surface area contributed by atoms with Gasteiger partial charge in [-0.15, -0.1) is 0 Å². The predicted octanol–water partition coefficient (Wildman–Crippen LogP) is 2.36. The highest BCUT2D eigenvalue weighted by Crippen LogP contribution is 2.63. The van der Waals surface area contributed by atoms with Crippen molar-refractivity contribution in [2.75, 3.05) is 19.7 Å². The largest absolute Gasteiger partial charge is 0.427 e. The number of fused-ring (bicyclic) bond motifs is 2. The fourth-order valence-electron chi connectivity index (χ4n) is 4.74. The fourth-order valence-corrected chi connectivity index (χ4v) is 4.74. The van der Waals surface area contributed by atoms with Crippen molar-refractivity contribution in [2.45, 2.75) is 38.5 Å². The summed E-state index contributed by atoms with van der Waals surface area (Å²) in [6, 6.07) is 0. The Balaban J connectivity index is 2.03. The molecule has 6 heteroatoms. The average Bonchev–Trinajstić information content (AvgIpc) is 3.05. The van der Waals surface area contributed by atoms with Gasteiger partial charge in [0.15, 0.2) is 0 Å². The van der Waals surface area contributed by atoms with Gasteiger partial charge in [0.2, 0.25) is 12.2 Å². The third-order valence-corrected chi connectivity index (χ3v) is 5.48. The van der Waals surface area contributed by atoms with E-state index in [0.717, 1.165) is 38.5 Å². The molecule has 2 fully saturated rings. The van der Waals surface area contributed by atoms with Gasteiger partial charge in [-0.25, -0.2) is 19.6 Å². The third kappa shape index (κ3) is 3.44. The lowest BCUT2D eigenvalue weighted by molar-refractivity contribution is 0.0197. The number of aliphatic imine (C=N–C) groups is 2. The van der Waals surface area contributed by atoms with Gasteiger partial charge in [0.1, 0.15) is 6.61 Å². The molecule has 118 valence electrons. The van der Waals surface area contributed by atoms with Gasteiger partial charge in [0, 0.05) is 5.41 Å². The molecule has 2 rings (SSSR count). The van der Waals surface area contributed by atoms with E-state index < -0.39 is 0 Å². The van der Waals surface area contributed by atoms with E-state index in [1.54, 1.807) is 18.4 Å². The zero-order valence-corrected chi connectivity index (χ0v) is 12.7. The van der Waals surface area contributed by atoms with Crippen LogP contribution in [0, 0.1) is 34.7 Å². The Bertz CT molecular complexity index is 517. The summed E-state index contributed by atoms with van der Waals surface area (Å²) in [6.45, 7) is 1.47. The van der Waals surface area contributed by atoms with E-state index in [0.29, 0.717) is 37.5 Å². The standard InChI is InChI=1S/C16H21N3O3/c17-10-22-9-16-8-13(7-15(16)3-5-19-12-21)6-14(16)2-1-4-18-11-20/h13-15H,1-9H2. The van der Waals surface area contributed by atoms with Crippen LogP contribution in [0.15, 0.2) is 9.98 Å². The summed E-state index contributed by atoms with van der Waals surface area (Å²) in [5.41, 5.74) is 0.0176. The third-order valence-electron chi connectivity index (χ3n) is 5.48. The molecule has 0 radical (unpaired) electrons. The molecule has 0 aromatic heterocycles. The van der Waals surface area contributed by atoms with Crippen LogP contribution in [0.5, 0.6) is 0 Å². The Hall–Kier alpha value is -1.95. The summed E-state index contributed by atoms with van der Waals surface area (Å²) >= 11 is 0. The van der Waals surface area contributed by atoms with Gasteiger partial charge in [-0.1, -0.05) is 0 Å². The average molecular weight is 303 g/mol. The first-order valence-corrected chi connectivity index (χ1v) is 7.85. The highest BCUT2D eigenvalue weighted by atomic mass is 16.5. The molecule has 4 atom stereocenters. The van der Waals surface area contributed by atoms with E-state index in [9.17, 15) is 9.59 Å². The monoisotopic (exact) mass is 303 g/mol. The van der Waals surface area contributed by atoms with Crippen LogP contribution < -0.4 is 0 Å². The first-order chi connectivity index (χ1) is 10.8. The van der Waals surface area contributed by atoms with Crippen LogP contribution in [0.3, 0.4) is 0 Å². The molecule has 2 saturated carbocycles. The molecule has 0 heterocycles. The van der Waals surface area contributed by atoms with E-state index in [1.165, 1.54) is 0 Å². The molecular weight excluding hydrogens is 282 g/mol. The Morgan fingerprint density at radius 3 is 2.45 bits per heavy atom. The van der Waals surface area contributed by atoms with E-state index in [2.05, 4.69) is 9.98 Å². The number of carbonyl (C=O) groups excluding carboxylic acids is 2. The molecule has 0 aromatic carbocycles. The summed E-state index contributed by atoms with van der Waals surface area (Å²) in [5, 5.41) is 8.78. The van der Waals surface area contributed by atoms with Crippen molar-refractivity contribution in [2.24, 2.45) is 33.2 Å². The predicted molar refractivity (Wildman–Crippen MR) is 78.1 cm³/mol. The Kier molecular flexibility index (Phi) is 5.89.